The lowest BCUT2D eigenvalue weighted by atomic mass is 10.1. The van der Waals surface area contributed by atoms with Gasteiger partial charge >= 0.3 is 0 Å². The number of rotatable bonds is 2. The standard InChI is InChI=1S/C14H20N2OS/c1-9-5-12-13(6-10(9)2)18-11(3)8-16(12)14(17)7-15-4/h5-6,11,15H,7-8H2,1-4H3. The molecule has 2 rings (SSSR count). The number of nitrogens with one attached hydrogen (secondary N) is 1. The van der Waals surface area contributed by atoms with Gasteiger partial charge < -0.3 is 10.2 Å². The normalized spacial score (nSPS) is 18.7. The van der Waals surface area contributed by atoms with E-state index in [9.17, 15) is 4.79 Å². The van der Waals surface area contributed by atoms with Gasteiger partial charge in [-0.1, -0.05) is 6.92 Å². The Morgan fingerprint density at radius 2 is 2.11 bits per heavy atom. The van der Waals surface area contributed by atoms with Gasteiger partial charge in [0.05, 0.1) is 12.2 Å². The number of amides is 1. The first-order chi connectivity index (χ1) is 8.52. The van der Waals surface area contributed by atoms with Crippen molar-refractivity contribution in [2.45, 2.75) is 30.9 Å². The fourth-order valence-corrected chi connectivity index (χ4v) is 3.36. The summed E-state index contributed by atoms with van der Waals surface area (Å²) in [6.07, 6.45) is 0. The van der Waals surface area contributed by atoms with Gasteiger partial charge in [0, 0.05) is 16.7 Å². The lowest BCUT2D eigenvalue weighted by Crippen LogP contribution is -2.42. The molecule has 1 heterocycles. The first kappa shape index (κ1) is 13.4. The van der Waals surface area contributed by atoms with E-state index >= 15 is 0 Å². The van der Waals surface area contributed by atoms with Crippen molar-refractivity contribution in [3.8, 4) is 0 Å². The first-order valence-electron chi connectivity index (χ1n) is 6.25. The van der Waals surface area contributed by atoms with Crippen molar-refractivity contribution in [3.05, 3.63) is 23.3 Å². The molecule has 0 saturated carbocycles. The first-order valence-corrected chi connectivity index (χ1v) is 7.13. The number of nitrogens with zero attached hydrogens (tertiary/aromatic N) is 1. The van der Waals surface area contributed by atoms with E-state index in [2.05, 4.69) is 38.2 Å². The molecule has 0 spiro atoms. The van der Waals surface area contributed by atoms with Crippen LogP contribution < -0.4 is 10.2 Å². The molecule has 1 N–H and O–H groups in total. The maximum absolute atomic E-state index is 12.2. The predicted molar refractivity (Wildman–Crippen MR) is 77.5 cm³/mol. The molecule has 0 saturated heterocycles. The smallest absolute Gasteiger partial charge is 0.240 e. The molecule has 3 nitrogen and oxygen atoms in total. The van der Waals surface area contributed by atoms with Crippen LogP contribution in [0.15, 0.2) is 17.0 Å². The monoisotopic (exact) mass is 264 g/mol. The number of hydrogen-bond donors (Lipinski definition) is 1. The summed E-state index contributed by atoms with van der Waals surface area (Å²) in [5.74, 6) is 0.147. The number of anilines is 1. The highest BCUT2D eigenvalue weighted by atomic mass is 32.2. The number of likely N-dealkylation sites (N-methyl/N-ethyl adjacent to an activating group) is 1. The maximum atomic E-state index is 12.2. The molecule has 0 fully saturated rings. The zero-order chi connectivity index (χ0) is 13.3. The zero-order valence-corrected chi connectivity index (χ0v) is 12.2. The molecule has 18 heavy (non-hydrogen) atoms. The third-order valence-electron chi connectivity index (χ3n) is 3.26. The summed E-state index contributed by atoms with van der Waals surface area (Å²) in [6.45, 7) is 7.57. The lowest BCUT2D eigenvalue weighted by Gasteiger charge is -2.33. The maximum Gasteiger partial charge on any atom is 0.240 e. The molecule has 0 radical (unpaired) electrons. The number of fused-ring (bicyclic) bond motifs is 1. The molecule has 1 aliphatic heterocycles. The van der Waals surface area contributed by atoms with Crippen LogP contribution in [0.4, 0.5) is 5.69 Å². The van der Waals surface area contributed by atoms with Crippen molar-refractivity contribution in [1.29, 1.82) is 0 Å². The van der Waals surface area contributed by atoms with Crippen LogP contribution in [0, 0.1) is 13.8 Å². The number of carbonyl (C=O) groups is 1. The van der Waals surface area contributed by atoms with Gasteiger partial charge in [-0.25, -0.2) is 0 Å². The highest BCUT2D eigenvalue weighted by molar-refractivity contribution is 8.00. The average Bonchev–Trinajstić information content (AvgIpc) is 2.30. The molecular formula is C14H20N2OS. The van der Waals surface area contributed by atoms with E-state index in [0.717, 1.165) is 12.2 Å². The highest BCUT2D eigenvalue weighted by Gasteiger charge is 2.26. The summed E-state index contributed by atoms with van der Waals surface area (Å²) in [5.41, 5.74) is 3.60. The second kappa shape index (κ2) is 5.33. The van der Waals surface area contributed by atoms with Gasteiger partial charge in [-0.3, -0.25) is 4.79 Å². The SMILES string of the molecule is CNCC(=O)N1CC(C)Sc2cc(C)c(C)cc21. The van der Waals surface area contributed by atoms with E-state index < -0.39 is 0 Å². The van der Waals surface area contributed by atoms with Gasteiger partial charge in [0.1, 0.15) is 0 Å². The molecule has 1 atom stereocenters. The van der Waals surface area contributed by atoms with Crippen molar-refractivity contribution in [1.82, 2.24) is 5.32 Å². The molecule has 98 valence electrons. The van der Waals surface area contributed by atoms with Crippen LogP contribution in [0.2, 0.25) is 0 Å². The van der Waals surface area contributed by atoms with Crippen LogP contribution in [0.5, 0.6) is 0 Å². The Kier molecular flexibility index (Phi) is 3.97. The van der Waals surface area contributed by atoms with Gasteiger partial charge in [-0.15, -0.1) is 11.8 Å². The van der Waals surface area contributed by atoms with E-state index in [1.807, 2.05) is 16.7 Å². The molecule has 0 aromatic heterocycles. The summed E-state index contributed by atoms with van der Waals surface area (Å²) < 4.78 is 0. The lowest BCUT2D eigenvalue weighted by molar-refractivity contribution is -0.117. The second-order valence-corrected chi connectivity index (χ2v) is 6.35. The molecule has 0 aliphatic carbocycles. The topological polar surface area (TPSA) is 32.3 Å². The van der Waals surface area contributed by atoms with E-state index in [0.29, 0.717) is 11.8 Å². The van der Waals surface area contributed by atoms with Crippen molar-refractivity contribution < 1.29 is 4.79 Å². The van der Waals surface area contributed by atoms with Gasteiger partial charge in [0.15, 0.2) is 0 Å². The number of benzene rings is 1. The molecule has 1 amide bonds. The van der Waals surface area contributed by atoms with E-state index in [4.69, 9.17) is 0 Å². The van der Waals surface area contributed by atoms with Crippen molar-refractivity contribution in [2.75, 3.05) is 25.0 Å². The Labute approximate surface area is 113 Å². The van der Waals surface area contributed by atoms with E-state index in [-0.39, 0.29) is 5.91 Å². The number of carbonyl (C=O) groups excluding carboxylic acids is 1. The van der Waals surface area contributed by atoms with Crippen LogP contribution in [-0.2, 0) is 4.79 Å². The van der Waals surface area contributed by atoms with Gasteiger partial charge in [0.2, 0.25) is 5.91 Å². The van der Waals surface area contributed by atoms with Crippen LogP contribution in [0.25, 0.3) is 0 Å². The summed E-state index contributed by atoms with van der Waals surface area (Å²) in [4.78, 5) is 15.3. The second-order valence-electron chi connectivity index (χ2n) is 4.87. The summed E-state index contributed by atoms with van der Waals surface area (Å²) in [5, 5.41) is 3.38. The number of hydrogen-bond acceptors (Lipinski definition) is 3. The highest BCUT2D eigenvalue weighted by Crippen LogP contribution is 2.39. The third kappa shape index (κ3) is 2.54. The fraction of sp³-hybridized carbons (Fsp3) is 0.500. The van der Waals surface area contributed by atoms with E-state index in [1.54, 1.807) is 7.05 Å². The summed E-state index contributed by atoms with van der Waals surface area (Å²) in [6, 6.07) is 4.34. The van der Waals surface area contributed by atoms with Gasteiger partial charge in [-0.2, -0.15) is 0 Å². The summed E-state index contributed by atoms with van der Waals surface area (Å²) >= 11 is 1.86. The molecule has 1 unspecified atom stereocenters. The van der Waals surface area contributed by atoms with Crippen LogP contribution >= 0.6 is 11.8 Å². The Morgan fingerprint density at radius 3 is 2.78 bits per heavy atom. The minimum Gasteiger partial charge on any atom is -0.311 e. The minimum atomic E-state index is 0.147. The van der Waals surface area contributed by atoms with Gasteiger partial charge in [0.25, 0.3) is 0 Å². The largest absolute Gasteiger partial charge is 0.311 e. The quantitative estimate of drug-likeness (QED) is 0.890. The molecule has 1 aromatic rings. The molecule has 1 aliphatic rings. The van der Waals surface area contributed by atoms with Gasteiger partial charge in [-0.05, 0) is 44.2 Å². The third-order valence-corrected chi connectivity index (χ3v) is 4.40. The van der Waals surface area contributed by atoms with Crippen LogP contribution in [-0.4, -0.2) is 31.3 Å². The predicted octanol–water partition coefficient (Wildman–Crippen LogP) is 2.35. The number of aryl methyl sites for hydroxylation is 2. The summed E-state index contributed by atoms with van der Waals surface area (Å²) in [7, 11) is 1.81. The zero-order valence-electron chi connectivity index (χ0n) is 11.4. The van der Waals surface area contributed by atoms with Crippen LogP contribution in [0.3, 0.4) is 0 Å². The van der Waals surface area contributed by atoms with Crippen molar-refractivity contribution in [3.63, 3.8) is 0 Å². The molecule has 4 heteroatoms. The number of thioether (sulfide) groups is 1. The molecule has 1 aromatic carbocycles. The molecule has 0 bridgehead atoms. The fourth-order valence-electron chi connectivity index (χ4n) is 2.17. The van der Waals surface area contributed by atoms with Crippen molar-refractivity contribution >= 4 is 23.4 Å². The average molecular weight is 264 g/mol. The van der Waals surface area contributed by atoms with E-state index in [1.165, 1.54) is 16.0 Å². The Hall–Kier alpha value is -1.00. The Balaban J connectivity index is 2.41. The molecular weight excluding hydrogens is 244 g/mol. The Bertz CT molecular complexity index is 473. The van der Waals surface area contributed by atoms with Crippen LogP contribution in [0.1, 0.15) is 18.1 Å². The minimum absolute atomic E-state index is 0.147. The Morgan fingerprint density at radius 1 is 1.44 bits per heavy atom. The van der Waals surface area contributed by atoms with Crippen molar-refractivity contribution in [2.24, 2.45) is 0 Å².